The summed E-state index contributed by atoms with van der Waals surface area (Å²) >= 11 is 0. The average Bonchev–Trinajstić information content (AvgIpc) is 2.54. The number of ether oxygens (including phenoxy) is 1. The van der Waals surface area contributed by atoms with Crippen LogP contribution in [0.4, 0.5) is 5.69 Å². The molecule has 0 aromatic heterocycles. The number of nitrogens with zero attached hydrogens (tertiary/aromatic N) is 2. The predicted octanol–water partition coefficient (Wildman–Crippen LogP) is 1.87. The summed E-state index contributed by atoms with van der Waals surface area (Å²) in [5, 5.41) is 11.2. The molecule has 0 unspecified atom stereocenters. The molecule has 1 aromatic carbocycles. The number of nitrogens with two attached hydrogens (primary N) is 1. The normalized spacial score (nSPS) is 15.7. The van der Waals surface area contributed by atoms with E-state index in [1.54, 1.807) is 24.0 Å². The lowest BCUT2D eigenvalue weighted by Gasteiger charge is -2.32. The third-order valence-corrected chi connectivity index (χ3v) is 4.08. The molecule has 0 spiro atoms. The van der Waals surface area contributed by atoms with Gasteiger partial charge in [-0.15, -0.1) is 0 Å². The van der Waals surface area contributed by atoms with E-state index in [1.807, 2.05) is 0 Å². The molecule has 1 aromatic rings. The summed E-state index contributed by atoms with van der Waals surface area (Å²) in [6.07, 6.45) is 2.46. The number of nitro groups is 1. The minimum absolute atomic E-state index is 0.0983. The number of amides is 1. The maximum absolute atomic E-state index is 12.6. The number of rotatable bonds is 6. The van der Waals surface area contributed by atoms with E-state index in [9.17, 15) is 14.9 Å². The highest BCUT2D eigenvalue weighted by molar-refractivity contribution is 5.98. The van der Waals surface area contributed by atoms with Crippen LogP contribution in [-0.2, 0) is 4.74 Å². The fourth-order valence-corrected chi connectivity index (χ4v) is 2.80. The molecule has 0 saturated carbocycles. The Kier molecular flexibility index (Phi) is 6.06. The van der Waals surface area contributed by atoms with Gasteiger partial charge in [0.15, 0.2) is 0 Å². The lowest BCUT2D eigenvalue weighted by molar-refractivity contribution is -0.385. The van der Waals surface area contributed by atoms with Gasteiger partial charge in [-0.2, -0.15) is 0 Å². The zero-order valence-electron chi connectivity index (χ0n) is 13.4. The van der Waals surface area contributed by atoms with Gasteiger partial charge in [0.1, 0.15) is 5.56 Å². The average molecular weight is 321 g/mol. The molecule has 0 radical (unpaired) electrons. The summed E-state index contributed by atoms with van der Waals surface area (Å²) in [7, 11) is 0. The molecule has 1 saturated heterocycles. The summed E-state index contributed by atoms with van der Waals surface area (Å²) in [4.78, 5) is 25.0. The molecule has 23 heavy (non-hydrogen) atoms. The number of piperidine rings is 1. The molecule has 2 N–H and O–H groups in total. The van der Waals surface area contributed by atoms with Crippen LogP contribution in [0.25, 0.3) is 0 Å². The Morgan fingerprint density at radius 1 is 1.43 bits per heavy atom. The first-order valence-electron chi connectivity index (χ1n) is 7.89. The largest absolute Gasteiger partial charge is 0.378 e. The Morgan fingerprint density at radius 2 is 2.13 bits per heavy atom. The van der Waals surface area contributed by atoms with E-state index in [-0.39, 0.29) is 23.3 Å². The number of carbonyl (C=O) groups is 1. The second kappa shape index (κ2) is 8.03. The number of hydrogen-bond acceptors (Lipinski definition) is 5. The Labute approximate surface area is 135 Å². The summed E-state index contributed by atoms with van der Waals surface area (Å²) < 4.78 is 5.71. The van der Waals surface area contributed by atoms with Crippen molar-refractivity contribution in [2.75, 3.05) is 26.2 Å². The molecule has 2 rings (SSSR count). The van der Waals surface area contributed by atoms with Gasteiger partial charge < -0.3 is 15.4 Å². The number of nitro benzene ring substituents is 1. The number of likely N-dealkylation sites (tertiary alicyclic amines) is 1. The number of carbonyl (C=O) groups excluding carboxylic acids is 1. The molecule has 1 fully saturated rings. The summed E-state index contributed by atoms with van der Waals surface area (Å²) in [6, 6.07) is 4.85. The highest BCUT2D eigenvalue weighted by Gasteiger charge is 2.29. The Hall–Kier alpha value is -1.99. The molecule has 1 aliphatic rings. The lowest BCUT2D eigenvalue weighted by Crippen LogP contribution is -2.41. The van der Waals surface area contributed by atoms with Gasteiger partial charge in [0.2, 0.25) is 0 Å². The van der Waals surface area contributed by atoms with Gasteiger partial charge in [0, 0.05) is 25.3 Å². The zero-order valence-corrected chi connectivity index (χ0v) is 13.4. The molecule has 1 heterocycles. The van der Waals surface area contributed by atoms with Crippen molar-refractivity contribution in [3.63, 3.8) is 0 Å². The molecular formula is C16H23N3O4. The maximum atomic E-state index is 12.6. The Bertz CT molecular complexity index is 568. The smallest absolute Gasteiger partial charge is 0.285 e. The first kappa shape index (κ1) is 17.4. The van der Waals surface area contributed by atoms with Crippen molar-refractivity contribution in [3.8, 4) is 0 Å². The first-order chi connectivity index (χ1) is 11.0. The van der Waals surface area contributed by atoms with Crippen LogP contribution in [-0.4, -0.2) is 48.1 Å². The second-order valence-electron chi connectivity index (χ2n) is 5.73. The molecule has 7 heteroatoms. The maximum Gasteiger partial charge on any atom is 0.285 e. The number of hydrogen-bond donors (Lipinski definition) is 1. The van der Waals surface area contributed by atoms with E-state index >= 15 is 0 Å². The van der Waals surface area contributed by atoms with Crippen LogP contribution in [0.3, 0.4) is 0 Å². The quantitative estimate of drug-likeness (QED) is 0.490. The molecule has 0 bridgehead atoms. The minimum atomic E-state index is -0.481. The Morgan fingerprint density at radius 3 is 2.74 bits per heavy atom. The van der Waals surface area contributed by atoms with Gasteiger partial charge >= 0.3 is 0 Å². The van der Waals surface area contributed by atoms with Crippen molar-refractivity contribution in [1.82, 2.24) is 4.90 Å². The zero-order chi connectivity index (χ0) is 16.8. The van der Waals surface area contributed by atoms with Crippen LogP contribution in [0, 0.1) is 17.0 Å². The van der Waals surface area contributed by atoms with Crippen LogP contribution >= 0.6 is 0 Å². The van der Waals surface area contributed by atoms with E-state index in [0.717, 1.165) is 19.3 Å². The number of aryl methyl sites for hydroxylation is 1. The lowest BCUT2D eigenvalue weighted by atomic mass is 10.0. The topological polar surface area (TPSA) is 98.7 Å². The summed E-state index contributed by atoms with van der Waals surface area (Å²) in [5.41, 5.74) is 6.00. The van der Waals surface area contributed by atoms with E-state index in [1.165, 1.54) is 6.07 Å². The highest BCUT2D eigenvalue weighted by atomic mass is 16.6. The van der Waals surface area contributed by atoms with E-state index in [0.29, 0.717) is 31.8 Å². The molecule has 0 aliphatic carbocycles. The van der Waals surface area contributed by atoms with Crippen molar-refractivity contribution in [2.45, 2.75) is 32.3 Å². The fourth-order valence-electron chi connectivity index (χ4n) is 2.80. The van der Waals surface area contributed by atoms with Crippen molar-refractivity contribution >= 4 is 11.6 Å². The molecule has 1 aliphatic heterocycles. The number of para-hydroxylation sites is 1. The van der Waals surface area contributed by atoms with Crippen molar-refractivity contribution in [3.05, 3.63) is 39.4 Å². The second-order valence-corrected chi connectivity index (χ2v) is 5.73. The van der Waals surface area contributed by atoms with Gasteiger partial charge in [-0.05, 0) is 38.8 Å². The SMILES string of the molecule is Cc1cccc(C(=O)N2CCC(OCCCN)CC2)c1[N+](=O)[O-]. The molecule has 1 amide bonds. The van der Waals surface area contributed by atoms with Crippen LogP contribution < -0.4 is 5.73 Å². The minimum Gasteiger partial charge on any atom is -0.378 e. The van der Waals surface area contributed by atoms with Crippen molar-refractivity contribution in [1.29, 1.82) is 0 Å². The van der Waals surface area contributed by atoms with Crippen molar-refractivity contribution < 1.29 is 14.5 Å². The van der Waals surface area contributed by atoms with E-state index < -0.39 is 4.92 Å². The third-order valence-electron chi connectivity index (χ3n) is 4.08. The van der Waals surface area contributed by atoms with Crippen molar-refractivity contribution in [2.24, 2.45) is 5.73 Å². The monoisotopic (exact) mass is 321 g/mol. The summed E-state index contributed by atoms with van der Waals surface area (Å²) in [6.45, 7) is 3.99. The van der Waals surface area contributed by atoms with E-state index in [4.69, 9.17) is 10.5 Å². The summed E-state index contributed by atoms with van der Waals surface area (Å²) in [5.74, 6) is -0.277. The van der Waals surface area contributed by atoms with Crippen LogP contribution in [0.1, 0.15) is 35.2 Å². The number of benzene rings is 1. The van der Waals surface area contributed by atoms with Gasteiger partial charge in [-0.25, -0.2) is 0 Å². The van der Waals surface area contributed by atoms with Gasteiger partial charge in [0.05, 0.1) is 11.0 Å². The predicted molar refractivity (Wildman–Crippen MR) is 86.4 cm³/mol. The molecule has 0 atom stereocenters. The Balaban J connectivity index is 2.01. The van der Waals surface area contributed by atoms with E-state index in [2.05, 4.69) is 0 Å². The van der Waals surface area contributed by atoms with Gasteiger partial charge in [0.25, 0.3) is 11.6 Å². The standard InChI is InChI=1S/C16H23N3O4/c1-12-4-2-5-14(15(12)19(21)22)16(20)18-9-6-13(7-10-18)23-11-3-8-17/h2,4-5,13H,3,6-11,17H2,1H3. The first-order valence-corrected chi connectivity index (χ1v) is 7.89. The van der Waals surface area contributed by atoms with Crippen LogP contribution in [0.15, 0.2) is 18.2 Å². The third kappa shape index (κ3) is 4.27. The molecular weight excluding hydrogens is 298 g/mol. The highest BCUT2D eigenvalue weighted by Crippen LogP contribution is 2.26. The molecule has 126 valence electrons. The molecule has 7 nitrogen and oxygen atoms in total. The van der Waals surface area contributed by atoms with Gasteiger partial charge in [-0.1, -0.05) is 12.1 Å². The van der Waals surface area contributed by atoms with Gasteiger partial charge in [-0.3, -0.25) is 14.9 Å². The van der Waals surface area contributed by atoms with Crippen LogP contribution in [0.2, 0.25) is 0 Å². The van der Waals surface area contributed by atoms with Crippen LogP contribution in [0.5, 0.6) is 0 Å². The fraction of sp³-hybridized carbons (Fsp3) is 0.562.